The highest BCUT2D eigenvalue weighted by Gasteiger charge is 2.45. The highest BCUT2D eigenvalue weighted by molar-refractivity contribution is 7.93. The molecule has 5 nitrogen and oxygen atoms in total. The molecule has 0 saturated carbocycles. The summed E-state index contributed by atoms with van der Waals surface area (Å²) in [6.07, 6.45) is 0. The number of phenolic OH excluding ortho intramolecular Hbond substituents is 2. The average molecular weight is 290 g/mol. The summed E-state index contributed by atoms with van der Waals surface area (Å²) in [5.41, 5.74) is 0.279. The molecule has 1 aliphatic heterocycles. The van der Waals surface area contributed by atoms with Gasteiger partial charge in [0.25, 0.3) is 0 Å². The Morgan fingerprint density at radius 1 is 0.950 bits per heavy atom. The quantitative estimate of drug-likeness (QED) is 0.781. The number of rotatable bonds is 1. The topological polar surface area (TPSA) is 91.7 Å². The van der Waals surface area contributed by atoms with Crippen LogP contribution in [0.25, 0.3) is 0 Å². The molecule has 0 amide bonds. The molecule has 1 aliphatic rings. The van der Waals surface area contributed by atoms with Gasteiger partial charge in [0.15, 0.2) is 32.4 Å². The van der Waals surface area contributed by atoms with Crippen LogP contribution in [0.2, 0.25) is 0 Å². The third-order valence-corrected chi connectivity index (χ3v) is 5.36. The van der Waals surface area contributed by atoms with Gasteiger partial charge in [0.05, 0.1) is 4.90 Å². The summed E-state index contributed by atoms with van der Waals surface area (Å²) in [6.45, 7) is 0. The monoisotopic (exact) mass is 290 g/mol. The fraction of sp³-hybridized carbons (Fsp3) is 0.0714. The number of hydrogen-bond acceptors (Lipinski definition) is 5. The molecule has 1 heterocycles. The van der Waals surface area contributed by atoms with Gasteiger partial charge in [0, 0.05) is 11.6 Å². The summed E-state index contributed by atoms with van der Waals surface area (Å²) in [4.78, 5) is 12.1. The molecule has 0 saturated heterocycles. The van der Waals surface area contributed by atoms with Gasteiger partial charge in [-0.25, -0.2) is 8.42 Å². The molecular weight excluding hydrogens is 280 g/mol. The molecule has 6 heteroatoms. The molecule has 0 radical (unpaired) electrons. The summed E-state index contributed by atoms with van der Waals surface area (Å²) < 4.78 is 24.9. The Hall–Kier alpha value is -2.34. The second kappa shape index (κ2) is 4.08. The zero-order chi connectivity index (χ0) is 14.5. The molecule has 0 bridgehead atoms. The van der Waals surface area contributed by atoms with E-state index < -0.39 is 32.4 Å². The summed E-state index contributed by atoms with van der Waals surface area (Å²) >= 11 is 0. The number of phenols is 2. The number of carbonyl (C=O) groups is 1. The smallest absolute Gasteiger partial charge is 0.193 e. The van der Waals surface area contributed by atoms with Crippen molar-refractivity contribution < 1.29 is 23.4 Å². The normalized spacial score (nSPS) is 19.8. The zero-order valence-electron chi connectivity index (χ0n) is 10.1. The van der Waals surface area contributed by atoms with Gasteiger partial charge in [-0.2, -0.15) is 0 Å². The van der Waals surface area contributed by atoms with E-state index in [4.69, 9.17) is 0 Å². The Balaban J connectivity index is 2.27. The largest absolute Gasteiger partial charge is 0.504 e. The lowest BCUT2D eigenvalue weighted by Gasteiger charge is -2.07. The van der Waals surface area contributed by atoms with E-state index in [9.17, 15) is 23.4 Å². The van der Waals surface area contributed by atoms with E-state index in [0.29, 0.717) is 5.56 Å². The molecule has 0 aliphatic carbocycles. The van der Waals surface area contributed by atoms with Crippen LogP contribution >= 0.6 is 0 Å². The van der Waals surface area contributed by atoms with Crippen molar-refractivity contribution in [3.63, 3.8) is 0 Å². The first-order valence-electron chi connectivity index (χ1n) is 5.82. The average Bonchev–Trinajstić information content (AvgIpc) is 2.59. The molecule has 0 spiro atoms. The van der Waals surface area contributed by atoms with Gasteiger partial charge in [0.2, 0.25) is 0 Å². The number of Topliss-reactive ketones (excluding diaryl/α,β-unsaturated/α-hetero) is 1. The van der Waals surface area contributed by atoms with E-state index in [0.717, 1.165) is 12.1 Å². The van der Waals surface area contributed by atoms with E-state index in [2.05, 4.69) is 0 Å². The maximum absolute atomic E-state index is 12.4. The van der Waals surface area contributed by atoms with Gasteiger partial charge in [-0.15, -0.1) is 0 Å². The minimum atomic E-state index is -3.91. The molecule has 3 rings (SSSR count). The first kappa shape index (κ1) is 12.7. The van der Waals surface area contributed by atoms with Crippen molar-refractivity contribution >= 4 is 15.6 Å². The van der Waals surface area contributed by atoms with Gasteiger partial charge in [-0.05, 0) is 11.6 Å². The third-order valence-electron chi connectivity index (χ3n) is 3.30. The Kier molecular flexibility index (Phi) is 2.58. The highest BCUT2D eigenvalue weighted by atomic mass is 32.2. The van der Waals surface area contributed by atoms with Crippen molar-refractivity contribution in [1.82, 2.24) is 0 Å². The standard InChI is InChI=1S/C14H10O5S/c15-10-6-9-12(7-11(10)16)20(18,19)14(13(9)17)8-4-2-1-3-5-8/h1-7,14-16H/t14-/m1/s1. The van der Waals surface area contributed by atoms with Crippen molar-refractivity contribution in [3.8, 4) is 11.5 Å². The number of fused-ring (bicyclic) bond motifs is 1. The summed E-state index contributed by atoms with van der Waals surface area (Å²) in [5, 5.41) is 17.5. The maximum Gasteiger partial charge on any atom is 0.193 e. The maximum atomic E-state index is 12.4. The molecule has 0 unspecified atom stereocenters. The third kappa shape index (κ3) is 1.61. The Morgan fingerprint density at radius 3 is 2.20 bits per heavy atom. The van der Waals surface area contributed by atoms with Crippen LogP contribution in [0.3, 0.4) is 0 Å². The summed E-state index contributed by atoms with van der Waals surface area (Å²) in [7, 11) is -3.91. The van der Waals surface area contributed by atoms with Gasteiger partial charge < -0.3 is 10.2 Å². The molecule has 2 aromatic carbocycles. The van der Waals surface area contributed by atoms with Crippen LogP contribution in [-0.4, -0.2) is 24.4 Å². The molecular formula is C14H10O5S. The highest BCUT2D eigenvalue weighted by Crippen LogP contribution is 2.44. The number of hydrogen-bond donors (Lipinski definition) is 2. The molecule has 102 valence electrons. The first-order valence-corrected chi connectivity index (χ1v) is 7.36. The molecule has 0 aromatic heterocycles. The predicted octanol–water partition coefficient (Wildman–Crippen LogP) is 1.81. The van der Waals surface area contributed by atoms with Crippen molar-refractivity contribution in [2.75, 3.05) is 0 Å². The van der Waals surface area contributed by atoms with Gasteiger partial charge in [-0.3, -0.25) is 4.79 Å². The Bertz CT molecular complexity index is 809. The summed E-state index contributed by atoms with van der Waals surface area (Å²) in [5.74, 6) is -1.67. The van der Waals surface area contributed by atoms with Gasteiger partial charge in [0.1, 0.15) is 0 Å². The van der Waals surface area contributed by atoms with E-state index in [1.54, 1.807) is 30.3 Å². The van der Waals surface area contributed by atoms with Crippen LogP contribution in [0.5, 0.6) is 11.5 Å². The van der Waals surface area contributed by atoms with Crippen molar-refractivity contribution in [3.05, 3.63) is 53.6 Å². The minimum absolute atomic E-state index is 0.0887. The SMILES string of the molecule is O=C1c2cc(O)c(O)cc2S(=O)(=O)[C@@H]1c1ccccc1. The molecule has 2 aromatic rings. The number of aromatic hydroxyl groups is 2. The van der Waals surface area contributed by atoms with E-state index in [-0.39, 0.29) is 10.5 Å². The second-order valence-electron chi connectivity index (χ2n) is 4.54. The molecule has 0 fully saturated rings. The second-order valence-corrected chi connectivity index (χ2v) is 6.54. The van der Waals surface area contributed by atoms with Gasteiger partial charge >= 0.3 is 0 Å². The molecule has 2 N–H and O–H groups in total. The number of carbonyl (C=O) groups excluding carboxylic acids is 1. The van der Waals surface area contributed by atoms with E-state index >= 15 is 0 Å². The van der Waals surface area contributed by atoms with Crippen LogP contribution in [0.15, 0.2) is 47.4 Å². The Morgan fingerprint density at radius 2 is 1.55 bits per heavy atom. The summed E-state index contributed by atoms with van der Waals surface area (Å²) in [6, 6.07) is 10.1. The van der Waals surface area contributed by atoms with Crippen LogP contribution in [0.4, 0.5) is 0 Å². The van der Waals surface area contributed by atoms with Crippen molar-refractivity contribution in [1.29, 1.82) is 0 Å². The Labute approximate surface area is 115 Å². The van der Waals surface area contributed by atoms with Crippen LogP contribution in [-0.2, 0) is 9.84 Å². The van der Waals surface area contributed by atoms with E-state index in [1.807, 2.05) is 0 Å². The predicted molar refractivity (Wildman–Crippen MR) is 70.5 cm³/mol. The lowest BCUT2D eigenvalue weighted by molar-refractivity contribution is 0.0990. The number of ketones is 1. The van der Waals surface area contributed by atoms with Crippen LogP contribution in [0.1, 0.15) is 21.2 Å². The fourth-order valence-corrected chi connectivity index (χ4v) is 4.27. The van der Waals surface area contributed by atoms with Crippen LogP contribution < -0.4 is 0 Å². The van der Waals surface area contributed by atoms with Crippen molar-refractivity contribution in [2.45, 2.75) is 10.1 Å². The number of sulfone groups is 1. The first-order chi connectivity index (χ1) is 9.43. The number of benzene rings is 2. The zero-order valence-corrected chi connectivity index (χ0v) is 11.0. The van der Waals surface area contributed by atoms with E-state index in [1.165, 1.54) is 0 Å². The minimum Gasteiger partial charge on any atom is -0.504 e. The van der Waals surface area contributed by atoms with Crippen molar-refractivity contribution in [2.24, 2.45) is 0 Å². The molecule has 20 heavy (non-hydrogen) atoms. The lowest BCUT2D eigenvalue weighted by atomic mass is 10.0. The fourth-order valence-electron chi connectivity index (χ4n) is 2.35. The molecule has 1 atom stereocenters. The van der Waals surface area contributed by atoms with Crippen LogP contribution in [0, 0.1) is 0 Å². The van der Waals surface area contributed by atoms with Gasteiger partial charge in [-0.1, -0.05) is 30.3 Å². The lowest BCUT2D eigenvalue weighted by Crippen LogP contribution is -2.13.